The van der Waals surface area contributed by atoms with E-state index in [9.17, 15) is 9.50 Å². The molecule has 0 aliphatic carbocycles. The minimum atomic E-state index is -0.630. The molecule has 0 fully saturated rings. The van der Waals surface area contributed by atoms with Crippen LogP contribution in [0.4, 0.5) is 4.39 Å². The number of hydrogen-bond acceptors (Lipinski definition) is 2. The van der Waals surface area contributed by atoms with Gasteiger partial charge in [0, 0.05) is 10.0 Å². The summed E-state index contributed by atoms with van der Waals surface area (Å²) < 4.78 is 19.6. The van der Waals surface area contributed by atoms with Gasteiger partial charge in [0.05, 0.1) is 11.1 Å². The summed E-state index contributed by atoms with van der Waals surface area (Å²) in [4.78, 5) is 0. The predicted molar refractivity (Wildman–Crippen MR) is 80.5 cm³/mol. The first-order valence-corrected chi connectivity index (χ1v) is 7.18. The van der Waals surface area contributed by atoms with Crippen molar-refractivity contribution in [1.29, 1.82) is 0 Å². The molecule has 0 aliphatic rings. The van der Waals surface area contributed by atoms with Crippen LogP contribution in [0.2, 0.25) is 5.02 Å². The molecule has 0 heterocycles. The predicted octanol–water partition coefficient (Wildman–Crippen LogP) is 4.87. The number of aliphatic hydroxyl groups excluding tert-OH is 1. The van der Waals surface area contributed by atoms with Crippen molar-refractivity contribution in [2.45, 2.75) is 19.6 Å². The Balaban J connectivity index is 2.17. The van der Waals surface area contributed by atoms with Crippen LogP contribution in [0.25, 0.3) is 0 Å². The Hall–Kier alpha value is -1.10. The highest BCUT2D eigenvalue weighted by Crippen LogP contribution is 2.29. The Morgan fingerprint density at radius 2 is 2.05 bits per heavy atom. The molecule has 1 N–H and O–H groups in total. The molecule has 106 valence electrons. The lowest BCUT2D eigenvalue weighted by molar-refractivity contribution is 0.190. The zero-order valence-electron chi connectivity index (χ0n) is 10.7. The number of aliphatic hydroxyl groups is 1. The summed E-state index contributed by atoms with van der Waals surface area (Å²) in [5.74, 6) is 0.123. The van der Waals surface area contributed by atoms with Gasteiger partial charge in [-0.3, -0.25) is 0 Å². The first-order chi connectivity index (χ1) is 9.47. The highest BCUT2D eigenvalue weighted by molar-refractivity contribution is 9.10. The van der Waals surface area contributed by atoms with Crippen LogP contribution in [-0.4, -0.2) is 5.11 Å². The summed E-state index contributed by atoms with van der Waals surface area (Å²) in [6.07, 6.45) is -0.630. The smallest absolute Gasteiger partial charge is 0.141 e. The van der Waals surface area contributed by atoms with Gasteiger partial charge in [-0.1, -0.05) is 39.7 Å². The number of ether oxygens (including phenoxy) is 1. The fourth-order valence-electron chi connectivity index (χ4n) is 1.77. The van der Waals surface area contributed by atoms with Crippen molar-refractivity contribution in [3.05, 3.63) is 62.8 Å². The molecule has 0 aromatic heterocycles. The van der Waals surface area contributed by atoms with Gasteiger partial charge in [-0.15, -0.1) is 0 Å². The third-order valence-electron chi connectivity index (χ3n) is 2.80. The van der Waals surface area contributed by atoms with Crippen LogP contribution >= 0.6 is 27.5 Å². The zero-order valence-corrected chi connectivity index (χ0v) is 13.1. The van der Waals surface area contributed by atoms with Crippen LogP contribution < -0.4 is 4.74 Å². The second-order valence-electron chi connectivity index (χ2n) is 4.40. The van der Waals surface area contributed by atoms with E-state index in [4.69, 9.17) is 16.3 Å². The molecule has 0 saturated carbocycles. The maximum atomic E-state index is 13.1. The van der Waals surface area contributed by atoms with Crippen LogP contribution in [0, 0.1) is 5.82 Å². The summed E-state index contributed by atoms with van der Waals surface area (Å²) in [5, 5.41) is 9.77. The van der Waals surface area contributed by atoms with Crippen molar-refractivity contribution in [2.75, 3.05) is 0 Å². The highest BCUT2D eigenvalue weighted by atomic mass is 79.9. The Kier molecular flexibility index (Phi) is 5.02. The Morgan fingerprint density at radius 1 is 1.30 bits per heavy atom. The first-order valence-electron chi connectivity index (χ1n) is 6.01. The number of benzene rings is 2. The minimum Gasteiger partial charge on any atom is -0.488 e. The molecular weight excluding hydrogens is 347 g/mol. The fraction of sp³-hybridized carbons (Fsp3) is 0.200. The van der Waals surface area contributed by atoms with E-state index in [0.29, 0.717) is 11.3 Å². The van der Waals surface area contributed by atoms with E-state index in [2.05, 4.69) is 15.9 Å². The fourth-order valence-corrected chi connectivity index (χ4v) is 2.31. The van der Waals surface area contributed by atoms with Gasteiger partial charge in [-0.2, -0.15) is 0 Å². The molecule has 0 amide bonds. The van der Waals surface area contributed by atoms with E-state index in [1.165, 1.54) is 12.1 Å². The molecule has 2 aromatic rings. The van der Waals surface area contributed by atoms with Crippen molar-refractivity contribution in [3.8, 4) is 5.75 Å². The van der Waals surface area contributed by atoms with Crippen molar-refractivity contribution < 1.29 is 14.2 Å². The lowest BCUT2D eigenvalue weighted by atomic mass is 10.1. The van der Waals surface area contributed by atoms with E-state index in [1.807, 2.05) is 6.07 Å². The second kappa shape index (κ2) is 6.57. The van der Waals surface area contributed by atoms with E-state index < -0.39 is 11.9 Å². The summed E-state index contributed by atoms with van der Waals surface area (Å²) in [6, 6.07) is 9.86. The lowest BCUT2D eigenvalue weighted by Gasteiger charge is -2.14. The zero-order chi connectivity index (χ0) is 14.7. The average Bonchev–Trinajstić information content (AvgIpc) is 2.40. The van der Waals surface area contributed by atoms with Crippen molar-refractivity contribution in [3.63, 3.8) is 0 Å². The monoisotopic (exact) mass is 358 g/mol. The Morgan fingerprint density at radius 3 is 2.70 bits per heavy atom. The maximum absolute atomic E-state index is 13.1. The molecule has 2 rings (SSSR count). The normalized spacial score (nSPS) is 12.2. The summed E-state index contributed by atoms with van der Waals surface area (Å²) >= 11 is 9.08. The molecule has 0 bridgehead atoms. The third kappa shape index (κ3) is 3.72. The largest absolute Gasteiger partial charge is 0.488 e. The van der Waals surface area contributed by atoms with Gasteiger partial charge in [0.2, 0.25) is 0 Å². The van der Waals surface area contributed by atoms with E-state index in [0.717, 1.165) is 10.0 Å². The first kappa shape index (κ1) is 15.3. The molecule has 0 spiro atoms. The molecular formula is C15H13BrClFO2. The summed E-state index contributed by atoms with van der Waals surface area (Å²) in [7, 11) is 0. The molecule has 0 unspecified atom stereocenters. The van der Waals surface area contributed by atoms with Gasteiger partial charge >= 0.3 is 0 Å². The minimum absolute atomic E-state index is 0.0658. The van der Waals surface area contributed by atoms with Gasteiger partial charge in [0.25, 0.3) is 0 Å². The number of hydrogen-bond donors (Lipinski definition) is 1. The van der Waals surface area contributed by atoms with Crippen molar-refractivity contribution in [1.82, 2.24) is 0 Å². The molecule has 0 aliphatic heterocycles. The van der Waals surface area contributed by atoms with Crippen LogP contribution in [0.1, 0.15) is 24.2 Å². The lowest BCUT2D eigenvalue weighted by Crippen LogP contribution is -2.01. The van der Waals surface area contributed by atoms with E-state index in [1.54, 1.807) is 25.1 Å². The molecule has 0 saturated heterocycles. The average molecular weight is 360 g/mol. The Bertz CT molecular complexity index is 617. The van der Waals surface area contributed by atoms with Gasteiger partial charge < -0.3 is 9.84 Å². The molecule has 1 atom stereocenters. The second-order valence-corrected chi connectivity index (χ2v) is 5.72. The van der Waals surface area contributed by atoms with Crippen LogP contribution in [0.5, 0.6) is 5.75 Å². The molecule has 2 aromatic carbocycles. The standard InChI is InChI=1S/C15H13BrClFO2/c1-9(19)12-4-3-11(16)7-15(12)20-8-10-2-5-14(18)13(17)6-10/h2-7,9,19H,8H2,1H3/t9-/m0/s1. The van der Waals surface area contributed by atoms with Gasteiger partial charge in [0.15, 0.2) is 0 Å². The maximum Gasteiger partial charge on any atom is 0.141 e. The molecule has 20 heavy (non-hydrogen) atoms. The van der Waals surface area contributed by atoms with E-state index in [-0.39, 0.29) is 11.6 Å². The van der Waals surface area contributed by atoms with Gasteiger partial charge in [-0.05, 0) is 36.8 Å². The van der Waals surface area contributed by atoms with Gasteiger partial charge in [0.1, 0.15) is 18.2 Å². The highest BCUT2D eigenvalue weighted by Gasteiger charge is 2.10. The Labute approximate surface area is 130 Å². The van der Waals surface area contributed by atoms with Crippen LogP contribution in [0.3, 0.4) is 0 Å². The van der Waals surface area contributed by atoms with E-state index >= 15 is 0 Å². The third-order valence-corrected chi connectivity index (χ3v) is 3.59. The van der Waals surface area contributed by atoms with Crippen LogP contribution in [0.15, 0.2) is 40.9 Å². The van der Waals surface area contributed by atoms with Crippen LogP contribution in [-0.2, 0) is 6.61 Å². The topological polar surface area (TPSA) is 29.5 Å². The summed E-state index contributed by atoms with van der Waals surface area (Å²) in [5.41, 5.74) is 1.45. The molecule has 5 heteroatoms. The quantitative estimate of drug-likeness (QED) is 0.843. The number of rotatable bonds is 4. The SMILES string of the molecule is C[C@H](O)c1ccc(Br)cc1OCc1ccc(F)c(Cl)c1. The number of halogens is 3. The molecule has 2 nitrogen and oxygen atoms in total. The van der Waals surface area contributed by atoms with Crippen molar-refractivity contribution >= 4 is 27.5 Å². The molecule has 0 radical (unpaired) electrons. The van der Waals surface area contributed by atoms with Gasteiger partial charge in [-0.25, -0.2) is 4.39 Å². The summed E-state index contributed by atoms with van der Waals surface area (Å²) in [6.45, 7) is 1.92. The van der Waals surface area contributed by atoms with Crippen molar-refractivity contribution in [2.24, 2.45) is 0 Å².